The molecule has 19 heavy (non-hydrogen) atoms. The van der Waals surface area contributed by atoms with Crippen molar-refractivity contribution < 1.29 is 18.3 Å². The number of halogens is 3. The van der Waals surface area contributed by atoms with Gasteiger partial charge in [0, 0.05) is 12.4 Å². The fraction of sp³-hybridized carbons (Fsp3) is 0.462. The first-order valence-electron chi connectivity index (χ1n) is 5.95. The predicted octanol–water partition coefficient (Wildman–Crippen LogP) is 3.03. The summed E-state index contributed by atoms with van der Waals surface area (Å²) in [6.07, 6.45) is -2.59. The molecule has 0 aliphatic heterocycles. The van der Waals surface area contributed by atoms with E-state index in [4.69, 9.17) is 16.3 Å². The molecule has 0 saturated carbocycles. The Balaban J connectivity index is 2.95. The summed E-state index contributed by atoms with van der Waals surface area (Å²) in [4.78, 5) is 13.3. The number of ether oxygens (including phenoxy) is 1. The van der Waals surface area contributed by atoms with E-state index >= 15 is 0 Å². The fourth-order valence-corrected chi connectivity index (χ4v) is 1.84. The Labute approximate surface area is 116 Å². The average molecular weight is 292 g/mol. The number of amides is 1. The van der Waals surface area contributed by atoms with Gasteiger partial charge in [-0.3, -0.25) is 4.79 Å². The van der Waals surface area contributed by atoms with Gasteiger partial charge >= 0.3 is 0 Å². The maximum absolute atomic E-state index is 12.5. The van der Waals surface area contributed by atoms with Gasteiger partial charge < -0.3 is 9.64 Å². The van der Waals surface area contributed by atoms with Crippen LogP contribution in [-0.4, -0.2) is 42.8 Å². The molecule has 0 radical (unpaired) electrons. The molecule has 106 valence electrons. The van der Waals surface area contributed by atoms with Gasteiger partial charge in [-0.2, -0.15) is 0 Å². The van der Waals surface area contributed by atoms with Crippen LogP contribution in [0.15, 0.2) is 24.3 Å². The summed E-state index contributed by atoms with van der Waals surface area (Å²) in [5, 5.41) is 0. The normalized spacial score (nSPS) is 10.6. The first-order valence-corrected chi connectivity index (χ1v) is 6.48. The Morgan fingerprint density at radius 3 is 2.68 bits per heavy atom. The lowest BCUT2D eigenvalue weighted by Gasteiger charge is -2.22. The molecular weight excluding hydrogens is 276 g/mol. The molecule has 0 aromatic heterocycles. The molecule has 0 fully saturated rings. The molecule has 0 saturated heterocycles. The van der Waals surface area contributed by atoms with Crippen LogP contribution in [0.2, 0.25) is 0 Å². The van der Waals surface area contributed by atoms with Gasteiger partial charge in [0.15, 0.2) is 0 Å². The maximum atomic E-state index is 12.5. The van der Waals surface area contributed by atoms with Gasteiger partial charge in [0.05, 0.1) is 18.7 Å². The van der Waals surface area contributed by atoms with Crippen molar-refractivity contribution in [2.75, 3.05) is 25.6 Å². The van der Waals surface area contributed by atoms with Crippen molar-refractivity contribution in [3.05, 3.63) is 29.8 Å². The first kappa shape index (κ1) is 15.7. The van der Waals surface area contributed by atoms with E-state index in [2.05, 4.69) is 0 Å². The SMILES string of the molecule is CCOc1ccccc1C(=O)N(CCCl)CC(F)F. The average Bonchev–Trinajstić information content (AvgIpc) is 2.38. The van der Waals surface area contributed by atoms with Crippen LogP contribution in [0.4, 0.5) is 8.78 Å². The van der Waals surface area contributed by atoms with Crippen LogP contribution in [0.5, 0.6) is 5.75 Å². The molecule has 1 amide bonds. The molecule has 0 spiro atoms. The van der Waals surface area contributed by atoms with E-state index in [0.717, 1.165) is 4.90 Å². The molecule has 6 heteroatoms. The highest BCUT2D eigenvalue weighted by atomic mass is 35.5. The summed E-state index contributed by atoms with van der Waals surface area (Å²) >= 11 is 5.54. The second-order valence-electron chi connectivity index (χ2n) is 3.76. The number of carbonyl (C=O) groups excluding carboxylic acids is 1. The summed E-state index contributed by atoms with van der Waals surface area (Å²) < 4.78 is 30.3. The number of rotatable bonds is 7. The van der Waals surface area contributed by atoms with Crippen LogP contribution in [0.1, 0.15) is 17.3 Å². The predicted molar refractivity (Wildman–Crippen MR) is 70.2 cm³/mol. The van der Waals surface area contributed by atoms with Crippen molar-refractivity contribution in [1.29, 1.82) is 0 Å². The Morgan fingerprint density at radius 1 is 1.42 bits per heavy atom. The van der Waals surface area contributed by atoms with Gasteiger partial charge in [0.25, 0.3) is 12.3 Å². The minimum Gasteiger partial charge on any atom is -0.493 e. The molecular formula is C13H16ClF2NO2. The van der Waals surface area contributed by atoms with Crippen LogP contribution in [0, 0.1) is 0 Å². The molecule has 1 aromatic rings. The second-order valence-corrected chi connectivity index (χ2v) is 4.14. The molecule has 0 atom stereocenters. The zero-order valence-corrected chi connectivity index (χ0v) is 11.4. The largest absolute Gasteiger partial charge is 0.493 e. The van der Waals surface area contributed by atoms with E-state index in [9.17, 15) is 13.6 Å². The van der Waals surface area contributed by atoms with Crippen molar-refractivity contribution in [2.45, 2.75) is 13.3 Å². The number of alkyl halides is 3. The van der Waals surface area contributed by atoms with Crippen molar-refractivity contribution in [3.8, 4) is 5.75 Å². The van der Waals surface area contributed by atoms with E-state index in [0.29, 0.717) is 12.4 Å². The van der Waals surface area contributed by atoms with Crippen LogP contribution >= 0.6 is 11.6 Å². The standard InChI is InChI=1S/C13H16ClF2NO2/c1-2-19-11-6-4-3-5-10(11)13(18)17(8-7-14)9-12(15)16/h3-6,12H,2,7-9H2,1H3. The lowest BCUT2D eigenvalue weighted by atomic mass is 10.1. The zero-order chi connectivity index (χ0) is 14.3. The van der Waals surface area contributed by atoms with Crippen molar-refractivity contribution in [1.82, 2.24) is 4.90 Å². The number of benzene rings is 1. The van der Waals surface area contributed by atoms with Crippen molar-refractivity contribution in [2.24, 2.45) is 0 Å². The molecule has 0 heterocycles. The topological polar surface area (TPSA) is 29.5 Å². The maximum Gasteiger partial charge on any atom is 0.257 e. The third kappa shape index (κ3) is 4.67. The summed E-state index contributed by atoms with van der Waals surface area (Å²) in [6.45, 7) is 1.63. The first-order chi connectivity index (χ1) is 9.10. The third-order valence-electron chi connectivity index (χ3n) is 2.42. The summed E-state index contributed by atoms with van der Waals surface area (Å²) in [7, 11) is 0. The van der Waals surface area contributed by atoms with Crippen LogP contribution < -0.4 is 4.74 Å². The van der Waals surface area contributed by atoms with E-state index in [1.165, 1.54) is 0 Å². The van der Waals surface area contributed by atoms with Gasteiger partial charge in [-0.25, -0.2) is 8.78 Å². The molecule has 3 nitrogen and oxygen atoms in total. The number of carbonyl (C=O) groups is 1. The van der Waals surface area contributed by atoms with Crippen molar-refractivity contribution >= 4 is 17.5 Å². The van der Waals surface area contributed by atoms with E-state index in [-0.39, 0.29) is 18.0 Å². The van der Waals surface area contributed by atoms with Gasteiger partial charge in [-0.05, 0) is 19.1 Å². The Hall–Kier alpha value is -1.36. The van der Waals surface area contributed by atoms with Crippen LogP contribution in [0.25, 0.3) is 0 Å². The molecule has 0 N–H and O–H groups in total. The lowest BCUT2D eigenvalue weighted by Crippen LogP contribution is -2.36. The Bertz CT molecular complexity index is 415. The highest BCUT2D eigenvalue weighted by Crippen LogP contribution is 2.20. The minimum atomic E-state index is -2.59. The fourth-order valence-electron chi connectivity index (χ4n) is 1.64. The molecule has 1 rings (SSSR count). The quantitative estimate of drug-likeness (QED) is 0.723. The molecule has 0 bridgehead atoms. The highest BCUT2D eigenvalue weighted by Gasteiger charge is 2.21. The molecule has 0 aliphatic rings. The van der Waals surface area contributed by atoms with Crippen LogP contribution in [0.3, 0.4) is 0 Å². The van der Waals surface area contributed by atoms with Crippen molar-refractivity contribution in [3.63, 3.8) is 0 Å². The number of hydrogen-bond acceptors (Lipinski definition) is 2. The van der Waals surface area contributed by atoms with Gasteiger partial charge in [0.2, 0.25) is 0 Å². The Morgan fingerprint density at radius 2 is 2.11 bits per heavy atom. The summed E-state index contributed by atoms with van der Waals surface area (Å²) in [5.74, 6) is 0.00348. The molecule has 0 unspecified atom stereocenters. The van der Waals surface area contributed by atoms with Gasteiger partial charge in [-0.1, -0.05) is 12.1 Å². The minimum absolute atomic E-state index is 0.0746. The number of nitrogens with zero attached hydrogens (tertiary/aromatic N) is 1. The van der Waals surface area contributed by atoms with Gasteiger partial charge in [0.1, 0.15) is 5.75 Å². The summed E-state index contributed by atoms with van der Waals surface area (Å²) in [6, 6.07) is 6.58. The highest BCUT2D eigenvalue weighted by molar-refractivity contribution is 6.18. The Kier molecular flexibility index (Phi) is 6.56. The number of para-hydroxylation sites is 1. The number of hydrogen-bond donors (Lipinski definition) is 0. The van der Waals surface area contributed by atoms with Crippen LogP contribution in [-0.2, 0) is 0 Å². The van der Waals surface area contributed by atoms with E-state index in [1.54, 1.807) is 31.2 Å². The molecule has 1 aromatic carbocycles. The molecule has 0 aliphatic carbocycles. The third-order valence-corrected chi connectivity index (χ3v) is 2.59. The smallest absolute Gasteiger partial charge is 0.257 e. The zero-order valence-electron chi connectivity index (χ0n) is 10.6. The monoisotopic (exact) mass is 291 g/mol. The second kappa shape index (κ2) is 7.94. The van der Waals surface area contributed by atoms with E-state index in [1.807, 2.05) is 0 Å². The van der Waals surface area contributed by atoms with E-state index < -0.39 is 18.9 Å². The van der Waals surface area contributed by atoms with Gasteiger partial charge in [-0.15, -0.1) is 11.6 Å². The summed E-state index contributed by atoms with van der Waals surface area (Å²) in [5.41, 5.74) is 0.273. The lowest BCUT2D eigenvalue weighted by molar-refractivity contribution is 0.0567.